The summed E-state index contributed by atoms with van der Waals surface area (Å²) in [5.41, 5.74) is 6.46. The van der Waals surface area contributed by atoms with Crippen molar-refractivity contribution in [2.45, 2.75) is 32.5 Å². The van der Waals surface area contributed by atoms with Crippen LogP contribution in [0.5, 0.6) is 0 Å². The zero-order chi connectivity index (χ0) is 17.8. The zero-order valence-corrected chi connectivity index (χ0v) is 15.1. The van der Waals surface area contributed by atoms with Crippen LogP contribution in [-0.4, -0.2) is 16.5 Å². The molecule has 1 aliphatic heterocycles. The third-order valence-corrected chi connectivity index (χ3v) is 5.02. The van der Waals surface area contributed by atoms with Crippen molar-refractivity contribution in [1.29, 1.82) is 0 Å². The zero-order valence-electron chi connectivity index (χ0n) is 15.1. The maximum absolute atomic E-state index is 4.35. The Morgan fingerprint density at radius 2 is 1.85 bits per heavy atom. The summed E-state index contributed by atoms with van der Waals surface area (Å²) in [7, 11) is 0. The Hall–Kier alpha value is -2.72. The first-order valence-electron chi connectivity index (χ1n) is 9.19. The Kier molecular flexibility index (Phi) is 4.93. The molecular formula is C22H24N4. The second kappa shape index (κ2) is 7.67. The van der Waals surface area contributed by atoms with Gasteiger partial charge >= 0.3 is 0 Å². The van der Waals surface area contributed by atoms with E-state index < -0.39 is 0 Å². The SMILES string of the molecule is C[C@H](NCc1ccc(CN2CCc3ccccc32)cc1)c1cnccn1. The summed E-state index contributed by atoms with van der Waals surface area (Å²) in [6.07, 6.45) is 6.40. The highest BCUT2D eigenvalue weighted by Gasteiger charge is 2.18. The number of nitrogens with one attached hydrogen (secondary N) is 1. The molecule has 0 bridgehead atoms. The number of nitrogens with zero attached hydrogens (tertiary/aromatic N) is 3. The van der Waals surface area contributed by atoms with Crippen LogP contribution < -0.4 is 10.2 Å². The lowest BCUT2D eigenvalue weighted by molar-refractivity contribution is 0.559. The minimum absolute atomic E-state index is 0.185. The minimum Gasteiger partial charge on any atom is -0.367 e. The molecule has 4 heteroatoms. The van der Waals surface area contributed by atoms with Gasteiger partial charge in [-0.05, 0) is 36.1 Å². The van der Waals surface area contributed by atoms with Gasteiger partial charge in [0.25, 0.3) is 0 Å². The van der Waals surface area contributed by atoms with E-state index in [0.29, 0.717) is 0 Å². The molecule has 4 rings (SSSR count). The first-order chi connectivity index (χ1) is 12.8. The Labute approximate surface area is 154 Å². The van der Waals surface area contributed by atoms with E-state index >= 15 is 0 Å². The Morgan fingerprint density at radius 3 is 2.65 bits per heavy atom. The highest BCUT2D eigenvalue weighted by atomic mass is 15.1. The molecule has 26 heavy (non-hydrogen) atoms. The van der Waals surface area contributed by atoms with E-state index in [0.717, 1.165) is 31.7 Å². The van der Waals surface area contributed by atoms with Crippen molar-refractivity contribution in [2.75, 3.05) is 11.4 Å². The maximum Gasteiger partial charge on any atom is 0.0753 e. The van der Waals surface area contributed by atoms with Crippen LogP contribution in [0.25, 0.3) is 0 Å². The molecule has 0 amide bonds. The molecule has 0 spiro atoms. The van der Waals surface area contributed by atoms with Gasteiger partial charge in [0, 0.05) is 50.0 Å². The topological polar surface area (TPSA) is 41.0 Å². The van der Waals surface area contributed by atoms with Gasteiger partial charge in [-0.2, -0.15) is 0 Å². The Balaban J connectivity index is 1.34. The summed E-state index contributed by atoms with van der Waals surface area (Å²) < 4.78 is 0. The summed E-state index contributed by atoms with van der Waals surface area (Å²) in [6, 6.07) is 17.8. The smallest absolute Gasteiger partial charge is 0.0753 e. The van der Waals surface area contributed by atoms with Crippen LogP contribution in [0.4, 0.5) is 5.69 Å². The van der Waals surface area contributed by atoms with Crippen molar-refractivity contribution < 1.29 is 0 Å². The molecular weight excluding hydrogens is 320 g/mol. The van der Waals surface area contributed by atoms with Crippen LogP contribution >= 0.6 is 0 Å². The molecule has 2 aromatic carbocycles. The molecule has 0 radical (unpaired) electrons. The van der Waals surface area contributed by atoms with Crippen molar-refractivity contribution in [2.24, 2.45) is 0 Å². The number of fused-ring (bicyclic) bond motifs is 1. The number of anilines is 1. The van der Waals surface area contributed by atoms with Crippen LogP contribution in [0.3, 0.4) is 0 Å². The molecule has 2 heterocycles. The van der Waals surface area contributed by atoms with Crippen LogP contribution in [0.1, 0.15) is 35.3 Å². The van der Waals surface area contributed by atoms with Gasteiger partial charge in [0.15, 0.2) is 0 Å². The van der Waals surface area contributed by atoms with E-state index in [1.807, 2.05) is 6.20 Å². The third kappa shape index (κ3) is 3.75. The van der Waals surface area contributed by atoms with Crippen LogP contribution in [0.2, 0.25) is 0 Å². The lowest BCUT2D eigenvalue weighted by Gasteiger charge is -2.19. The van der Waals surface area contributed by atoms with Crippen LogP contribution in [0.15, 0.2) is 67.1 Å². The fourth-order valence-corrected chi connectivity index (χ4v) is 3.46. The second-order valence-corrected chi connectivity index (χ2v) is 6.85. The molecule has 0 saturated carbocycles. The van der Waals surface area contributed by atoms with E-state index in [1.54, 1.807) is 12.4 Å². The fraction of sp³-hybridized carbons (Fsp3) is 0.273. The summed E-state index contributed by atoms with van der Waals surface area (Å²) in [4.78, 5) is 11.0. The standard InChI is InChI=1S/C22H24N4/c1-17(21-15-23-11-12-24-21)25-14-18-6-8-19(9-7-18)16-26-13-10-20-4-2-3-5-22(20)26/h2-9,11-12,15,17,25H,10,13-14,16H2,1H3/t17-/m0/s1. The number of benzene rings is 2. The van der Waals surface area contributed by atoms with Crippen LogP contribution in [-0.2, 0) is 19.5 Å². The first-order valence-corrected chi connectivity index (χ1v) is 9.19. The van der Waals surface area contributed by atoms with Gasteiger partial charge in [-0.3, -0.25) is 9.97 Å². The number of aromatic nitrogens is 2. The van der Waals surface area contributed by atoms with Crippen molar-refractivity contribution in [3.05, 3.63) is 89.5 Å². The molecule has 0 fully saturated rings. The molecule has 1 aromatic heterocycles. The maximum atomic E-state index is 4.35. The van der Waals surface area contributed by atoms with E-state index in [4.69, 9.17) is 0 Å². The summed E-state index contributed by atoms with van der Waals surface area (Å²) >= 11 is 0. The predicted octanol–water partition coefficient (Wildman–Crippen LogP) is 3.89. The molecule has 3 aromatic rings. The van der Waals surface area contributed by atoms with Crippen molar-refractivity contribution in [1.82, 2.24) is 15.3 Å². The van der Waals surface area contributed by atoms with E-state index in [9.17, 15) is 0 Å². The van der Waals surface area contributed by atoms with Gasteiger partial charge in [-0.1, -0.05) is 42.5 Å². The summed E-state index contributed by atoms with van der Waals surface area (Å²) in [6.45, 7) is 5.02. The molecule has 1 aliphatic rings. The summed E-state index contributed by atoms with van der Waals surface area (Å²) in [5, 5.41) is 3.51. The number of rotatable bonds is 6. The average Bonchev–Trinajstić information content (AvgIpc) is 3.11. The molecule has 132 valence electrons. The van der Waals surface area contributed by atoms with E-state index in [1.165, 1.54) is 22.4 Å². The first kappa shape index (κ1) is 16.7. The molecule has 1 atom stereocenters. The minimum atomic E-state index is 0.185. The number of hydrogen-bond donors (Lipinski definition) is 1. The van der Waals surface area contributed by atoms with E-state index in [-0.39, 0.29) is 6.04 Å². The van der Waals surface area contributed by atoms with Gasteiger partial charge in [0.1, 0.15) is 0 Å². The van der Waals surface area contributed by atoms with Gasteiger partial charge in [-0.15, -0.1) is 0 Å². The van der Waals surface area contributed by atoms with Gasteiger partial charge in [0.2, 0.25) is 0 Å². The fourth-order valence-electron chi connectivity index (χ4n) is 3.46. The molecule has 4 nitrogen and oxygen atoms in total. The van der Waals surface area contributed by atoms with Gasteiger partial charge < -0.3 is 10.2 Å². The van der Waals surface area contributed by atoms with Gasteiger partial charge in [0.05, 0.1) is 5.69 Å². The second-order valence-electron chi connectivity index (χ2n) is 6.85. The molecule has 0 aliphatic carbocycles. The Morgan fingerprint density at radius 1 is 1.04 bits per heavy atom. The monoisotopic (exact) mass is 344 g/mol. The number of hydrogen-bond acceptors (Lipinski definition) is 4. The molecule has 0 unspecified atom stereocenters. The number of para-hydroxylation sites is 1. The highest BCUT2D eigenvalue weighted by Crippen LogP contribution is 2.28. The highest BCUT2D eigenvalue weighted by molar-refractivity contribution is 5.58. The molecule has 0 saturated heterocycles. The normalized spacial score (nSPS) is 14.3. The predicted molar refractivity (Wildman–Crippen MR) is 105 cm³/mol. The lowest BCUT2D eigenvalue weighted by Crippen LogP contribution is -2.20. The summed E-state index contributed by atoms with van der Waals surface area (Å²) in [5.74, 6) is 0. The Bertz CT molecular complexity index is 846. The van der Waals surface area contributed by atoms with Crippen molar-refractivity contribution in [3.63, 3.8) is 0 Å². The van der Waals surface area contributed by atoms with E-state index in [2.05, 4.69) is 75.6 Å². The lowest BCUT2D eigenvalue weighted by atomic mass is 10.1. The quantitative estimate of drug-likeness (QED) is 0.736. The van der Waals surface area contributed by atoms with Crippen molar-refractivity contribution in [3.8, 4) is 0 Å². The largest absolute Gasteiger partial charge is 0.367 e. The molecule has 1 N–H and O–H groups in total. The van der Waals surface area contributed by atoms with Crippen LogP contribution in [0, 0.1) is 0 Å². The van der Waals surface area contributed by atoms with Crippen molar-refractivity contribution >= 4 is 5.69 Å². The van der Waals surface area contributed by atoms with Gasteiger partial charge in [-0.25, -0.2) is 0 Å². The third-order valence-electron chi connectivity index (χ3n) is 5.02. The average molecular weight is 344 g/mol.